The van der Waals surface area contributed by atoms with Crippen LogP contribution in [0.4, 0.5) is 5.69 Å². The van der Waals surface area contributed by atoms with Gasteiger partial charge in [-0.05, 0) is 55.2 Å². The first kappa shape index (κ1) is 34.0. The van der Waals surface area contributed by atoms with Crippen LogP contribution in [0.5, 0.6) is 11.5 Å². The smallest absolute Gasteiger partial charge is 0.224 e. The number of hydrogen-bond donors (Lipinski definition) is 1. The van der Waals surface area contributed by atoms with Crippen molar-refractivity contribution in [2.75, 3.05) is 18.5 Å². The van der Waals surface area contributed by atoms with Crippen LogP contribution in [0.1, 0.15) is 129 Å². The van der Waals surface area contributed by atoms with Crippen molar-refractivity contribution in [2.45, 2.75) is 129 Å². The second-order valence-electron chi connectivity index (χ2n) is 12.3. The topological polar surface area (TPSA) is 60.5 Å². The number of nitrogens with zero attached hydrogens (tertiary/aromatic N) is 1. The van der Waals surface area contributed by atoms with Gasteiger partial charge in [-0.3, -0.25) is 4.79 Å². The molecule has 0 radical (unpaired) electrons. The lowest BCUT2D eigenvalue weighted by molar-refractivity contribution is -0.116. The number of ether oxygens (including phenoxy) is 2. The molecule has 240 valence electrons. The molecule has 1 aliphatic rings. The van der Waals surface area contributed by atoms with Crippen LogP contribution >= 0.6 is 11.3 Å². The number of carbonyl (C=O) groups is 1. The van der Waals surface area contributed by atoms with Crippen molar-refractivity contribution >= 4 is 22.9 Å². The van der Waals surface area contributed by atoms with Gasteiger partial charge >= 0.3 is 0 Å². The number of rotatable bonds is 22. The summed E-state index contributed by atoms with van der Waals surface area (Å²) in [6.45, 7) is 5.97. The Hall–Kier alpha value is -2.86. The maximum Gasteiger partial charge on any atom is 0.224 e. The highest BCUT2D eigenvalue weighted by molar-refractivity contribution is 7.13. The highest BCUT2D eigenvalue weighted by Crippen LogP contribution is 2.37. The first-order valence-electron chi connectivity index (χ1n) is 17.5. The van der Waals surface area contributed by atoms with E-state index in [1.165, 1.54) is 95.5 Å². The number of nitrogens with one attached hydrogen (secondary N) is 1. The number of aromatic nitrogens is 1. The Morgan fingerprint density at radius 2 is 1.27 bits per heavy atom. The highest BCUT2D eigenvalue weighted by atomic mass is 32.1. The van der Waals surface area contributed by atoms with Crippen LogP contribution in [-0.4, -0.2) is 24.1 Å². The lowest BCUT2D eigenvalue weighted by atomic mass is 9.99. The SMILES string of the molecule is CCCCCCCCCCOc1ccc(-c2nc(-c3ccc4c(c3)CCC(=O)N4)cs2)cc1OCCCCCCCCCC. The number of carbonyl (C=O) groups excluding carboxylic acids is 1. The van der Waals surface area contributed by atoms with Gasteiger partial charge in [-0.15, -0.1) is 11.3 Å². The molecule has 0 saturated carbocycles. The van der Waals surface area contributed by atoms with Gasteiger partial charge in [0.2, 0.25) is 5.91 Å². The van der Waals surface area contributed by atoms with Crippen LogP contribution in [0, 0.1) is 0 Å². The van der Waals surface area contributed by atoms with E-state index in [1.54, 1.807) is 11.3 Å². The summed E-state index contributed by atoms with van der Waals surface area (Å²) in [5.41, 5.74) is 5.18. The van der Waals surface area contributed by atoms with Crippen LogP contribution in [0.3, 0.4) is 0 Å². The zero-order valence-electron chi connectivity index (χ0n) is 27.3. The molecule has 6 heteroatoms. The Labute approximate surface area is 270 Å². The van der Waals surface area contributed by atoms with Gasteiger partial charge in [0, 0.05) is 28.6 Å². The molecule has 1 aromatic heterocycles. The summed E-state index contributed by atoms with van der Waals surface area (Å²) in [5.74, 6) is 1.75. The van der Waals surface area contributed by atoms with Crippen LogP contribution in [0.2, 0.25) is 0 Å². The van der Waals surface area contributed by atoms with E-state index in [-0.39, 0.29) is 5.91 Å². The van der Waals surface area contributed by atoms with Gasteiger partial charge in [-0.1, -0.05) is 110 Å². The van der Waals surface area contributed by atoms with Crippen LogP contribution in [0.15, 0.2) is 41.8 Å². The van der Waals surface area contributed by atoms with Crippen molar-refractivity contribution in [1.29, 1.82) is 0 Å². The summed E-state index contributed by atoms with van der Waals surface area (Å²) in [6.07, 6.45) is 21.9. The highest BCUT2D eigenvalue weighted by Gasteiger charge is 2.17. The number of fused-ring (bicyclic) bond motifs is 1. The molecular formula is C38H54N2O3S. The lowest BCUT2D eigenvalue weighted by Gasteiger charge is -2.17. The molecule has 0 bridgehead atoms. The molecule has 0 unspecified atom stereocenters. The Balaban J connectivity index is 1.35. The monoisotopic (exact) mass is 618 g/mol. The van der Waals surface area contributed by atoms with Crippen LogP contribution in [-0.2, 0) is 11.2 Å². The summed E-state index contributed by atoms with van der Waals surface area (Å²) < 4.78 is 12.6. The van der Waals surface area contributed by atoms with Crippen molar-refractivity contribution < 1.29 is 14.3 Å². The van der Waals surface area contributed by atoms with Gasteiger partial charge in [0.05, 0.1) is 18.9 Å². The second kappa shape index (κ2) is 19.5. The standard InChI is InChI=1S/C38H54N2O3S/c1-3-5-7-9-11-13-15-17-25-42-35-23-20-32(28-36(35)43-26-18-16-14-12-10-8-6-4-2)38-40-34(29-44-38)31-19-22-33-30(27-31)21-24-37(41)39-33/h19-20,22-23,27-29H,3-18,21,24-26H2,1-2H3,(H,39,41). The molecule has 1 aliphatic heterocycles. The molecule has 0 fully saturated rings. The van der Waals surface area contributed by atoms with Gasteiger partial charge in [-0.2, -0.15) is 0 Å². The van der Waals surface area contributed by atoms with E-state index in [9.17, 15) is 4.79 Å². The zero-order chi connectivity index (χ0) is 30.8. The second-order valence-corrected chi connectivity index (χ2v) is 13.1. The minimum Gasteiger partial charge on any atom is -0.490 e. The molecule has 0 atom stereocenters. The normalized spacial score (nSPS) is 12.6. The first-order valence-corrected chi connectivity index (χ1v) is 18.3. The molecule has 0 saturated heterocycles. The molecule has 2 aromatic carbocycles. The third kappa shape index (κ3) is 11.3. The van der Waals surface area contributed by atoms with E-state index in [4.69, 9.17) is 14.5 Å². The van der Waals surface area contributed by atoms with E-state index < -0.39 is 0 Å². The maximum absolute atomic E-state index is 11.7. The Morgan fingerprint density at radius 3 is 1.93 bits per heavy atom. The summed E-state index contributed by atoms with van der Waals surface area (Å²) in [6, 6.07) is 12.5. The van der Waals surface area contributed by atoms with Gasteiger partial charge < -0.3 is 14.8 Å². The Kier molecular flexibility index (Phi) is 15.1. The third-order valence-electron chi connectivity index (χ3n) is 8.50. The molecule has 1 amide bonds. The van der Waals surface area contributed by atoms with Crippen LogP contribution < -0.4 is 14.8 Å². The van der Waals surface area contributed by atoms with E-state index >= 15 is 0 Å². The molecular weight excluding hydrogens is 564 g/mol. The molecule has 44 heavy (non-hydrogen) atoms. The minimum atomic E-state index is 0.0897. The summed E-state index contributed by atoms with van der Waals surface area (Å²) in [5, 5.41) is 6.06. The van der Waals surface area contributed by atoms with Crippen molar-refractivity contribution in [1.82, 2.24) is 4.98 Å². The fourth-order valence-corrected chi connectivity index (χ4v) is 6.62. The van der Waals surface area contributed by atoms with E-state index in [0.29, 0.717) is 13.0 Å². The third-order valence-corrected chi connectivity index (χ3v) is 9.39. The maximum atomic E-state index is 11.7. The number of hydrogen-bond acceptors (Lipinski definition) is 5. The van der Waals surface area contributed by atoms with E-state index in [2.05, 4.69) is 48.8 Å². The molecule has 1 N–H and O–H groups in total. The predicted octanol–water partition coefficient (Wildman–Crippen LogP) is 11.4. The summed E-state index contributed by atoms with van der Waals surface area (Å²) in [7, 11) is 0. The van der Waals surface area contributed by atoms with E-state index in [0.717, 1.165) is 64.9 Å². The fraction of sp³-hybridized carbons (Fsp3) is 0.579. The van der Waals surface area contributed by atoms with Crippen LogP contribution in [0.25, 0.3) is 21.8 Å². The lowest BCUT2D eigenvalue weighted by Crippen LogP contribution is -2.18. The summed E-state index contributed by atoms with van der Waals surface area (Å²) in [4.78, 5) is 16.7. The largest absolute Gasteiger partial charge is 0.490 e. The first-order chi connectivity index (χ1) is 21.7. The zero-order valence-corrected chi connectivity index (χ0v) is 28.1. The molecule has 0 spiro atoms. The molecule has 0 aliphatic carbocycles. The number of thiazole rings is 1. The van der Waals surface area contributed by atoms with Gasteiger partial charge in [0.15, 0.2) is 11.5 Å². The van der Waals surface area contributed by atoms with Gasteiger partial charge in [0.25, 0.3) is 0 Å². The number of benzene rings is 2. The molecule has 4 rings (SSSR count). The molecule has 2 heterocycles. The Morgan fingerprint density at radius 1 is 0.682 bits per heavy atom. The average Bonchev–Trinajstić information content (AvgIpc) is 3.54. The number of unbranched alkanes of at least 4 members (excludes halogenated alkanes) is 14. The summed E-state index contributed by atoms with van der Waals surface area (Å²) >= 11 is 1.65. The number of anilines is 1. The Bertz CT molecular complexity index is 1270. The quantitative estimate of drug-likeness (QED) is 0.114. The number of aryl methyl sites for hydroxylation is 1. The fourth-order valence-electron chi connectivity index (χ4n) is 5.79. The van der Waals surface area contributed by atoms with Gasteiger partial charge in [0.1, 0.15) is 5.01 Å². The predicted molar refractivity (Wildman–Crippen MR) is 186 cm³/mol. The minimum absolute atomic E-state index is 0.0897. The average molecular weight is 619 g/mol. The van der Waals surface area contributed by atoms with Crippen molar-refractivity contribution in [3.8, 4) is 33.3 Å². The van der Waals surface area contributed by atoms with Crippen molar-refractivity contribution in [2.24, 2.45) is 0 Å². The molecule has 5 nitrogen and oxygen atoms in total. The van der Waals surface area contributed by atoms with E-state index in [1.807, 2.05) is 12.1 Å². The number of amides is 1. The van der Waals surface area contributed by atoms with Gasteiger partial charge in [-0.25, -0.2) is 4.98 Å². The van der Waals surface area contributed by atoms with Crippen molar-refractivity contribution in [3.05, 3.63) is 47.3 Å². The van der Waals surface area contributed by atoms with Crippen molar-refractivity contribution in [3.63, 3.8) is 0 Å². The molecule has 3 aromatic rings.